The highest BCUT2D eigenvalue weighted by Crippen LogP contribution is 2.14. The SMILES string of the molecule is CCC(I)CCCCCI. The number of alkyl halides is 2. The molecule has 0 aromatic heterocycles. The number of hydrogen-bond donors (Lipinski definition) is 0. The second kappa shape index (κ2) is 8.56. The van der Waals surface area contributed by atoms with Gasteiger partial charge in [0, 0.05) is 3.92 Å². The summed E-state index contributed by atoms with van der Waals surface area (Å²) in [6.07, 6.45) is 7.04. The summed E-state index contributed by atoms with van der Waals surface area (Å²) in [6.45, 7) is 2.27. The molecule has 0 aliphatic rings. The van der Waals surface area contributed by atoms with Crippen LogP contribution in [0.25, 0.3) is 0 Å². The summed E-state index contributed by atoms with van der Waals surface area (Å²) in [6, 6.07) is 0. The van der Waals surface area contributed by atoms with Gasteiger partial charge in [0.05, 0.1) is 0 Å². The molecule has 0 aromatic carbocycles. The molecular formula is C8H16I2. The van der Waals surface area contributed by atoms with Gasteiger partial charge in [-0.2, -0.15) is 0 Å². The summed E-state index contributed by atoms with van der Waals surface area (Å²) in [5.41, 5.74) is 0. The van der Waals surface area contributed by atoms with Crippen LogP contribution in [0.15, 0.2) is 0 Å². The van der Waals surface area contributed by atoms with Gasteiger partial charge in [-0.05, 0) is 23.7 Å². The fraction of sp³-hybridized carbons (Fsp3) is 1.00. The van der Waals surface area contributed by atoms with E-state index < -0.39 is 0 Å². The Morgan fingerprint density at radius 3 is 2.40 bits per heavy atom. The van der Waals surface area contributed by atoms with Crippen LogP contribution < -0.4 is 0 Å². The molecule has 62 valence electrons. The zero-order valence-corrected chi connectivity index (χ0v) is 10.9. The van der Waals surface area contributed by atoms with Gasteiger partial charge in [0.1, 0.15) is 0 Å². The van der Waals surface area contributed by atoms with Crippen molar-refractivity contribution in [2.45, 2.75) is 43.0 Å². The molecule has 0 heterocycles. The predicted molar refractivity (Wildman–Crippen MR) is 65.5 cm³/mol. The monoisotopic (exact) mass is 366 g/mol. The Labute approximate surface area is 91.8 Å². The topological polar surface area (TPSA) is 0 Å². The van der Waals surface area contributed by atoms with Gasteiger partial charge in [-0.25, -0.2) is 0 Å². The van der Waals surface area contributed by atoms with Crippen molar-refractivity contribution in [1.82, 2.24) is 0 Å². The van der Waals surface area contributed by atoms with Crippen molar-refractivity contribution in [1.29, 1.82) is 0 Å². The Bertz CT molecular complexity index is 64.3. The van der Waals surface area contributed by atoms with Crippen LogP contribution >= 0.6 is 45.2 Å². The first kappa shape index (κ1) is 11.5. The fourth-order valence-corrected chi connectivity index (χ4v) is 1.82. The highest BCUT2D eigenvalue weighted by atomic mass is 127. The first-order valence-electron chi connectivity index (χ1n) is 4.01. The molecule has 1 unspecified atom stereocenters. The van der Waals surface area contributed by atoms with E-state index in [9.17, 15) is 0 Å². The van der Waals surface area contributed by atoms with Crippen LogP contribution in [0.2, 0.25) is 0 Å². The Morgan fingerprint density at radius 2 is 1.90 bits per heavy atom. The van der Waals surface area contributed by atoms with Gasteiger partial charge in [-0.15, -0.1) is 0 Å². The molecule has 0 bridgehead atoms. The quantitative estimate of drug-likeness (QED) is 0.376. The third-order valence-electron chi connectivity index (χ3n) is 1.59. The molecule has 0 aliphatic carbocycles. The van der Waals surface area contributed by atoms with Crippen molar-refractivity contribution in [3.63, 3.8) is 0 Å². The van der Waals surface area contributed by atoms with Crippen LogP contribution in [0.5, 0.6) is 0 Å². The number of hydrogen-bond acceptors (Lipinski definition) is 0. The predicted octanol–water partition coefficient (Wildman–Crippen LogP) is 4.20. The largest absolute Gasteiger partial charge is 0.0864 e. The van der Waals surface area contributed by atoms with Crippen LogP contribution in [0.1, 0.15) is 39.0 Å². The zero-order chi connectivity index (χ0) is 7.82. The molecule has 0 spiro atoms. The molecule has 0 radical (unpaired) electrons. The molecule has 0 saturated carbocycles. The summed E-state index contributed by atoms with van der Waals surface area (Å²) in [5.74, 6) is 0. The van der Waals surface area contributed by atoms with Crippen LogP contribution in [-0.4, -0.2) is 8.35 Å². The smallest absolute Gasteiger partial charge is 0.0107 e. The Hall–Kier alpha value is 1.46. The third kappa shape index (κ3) is 7.57. The molecule has 10 heavy (non-hydrogen) atoms. The van der Waals surface area contributed by atoms with E-state index in [1.165, 1.54) is 36.5 Å². The van der Waals surface area contributed by atoms with E-state index in [-0.39, 0.29) is 0 Å². The third-order valence-corrected chi connectivity index (χ3v) is 3.86. The Balaban J connectivity index is 2.89. The maximum absolute atomic E-state index is 2.56. The highest BCUT2D eigenvalue weighted by molar-refractivity contribution is 14.1. The lowest BCUT2D eigenvalue weighted by Crippen LogP contribution is -1.94. The zero-order valence-electron chi connectivity index (χ0n) is 6.58. The van der Waals surface area contributed by atoms with Crippen LogP contribution in [0, 0.1) is 0 Å². The first-order valence-corrected chi connectivity index (χ1v) is 6.78. The lowest BCUT2D eigenvalue weighted by atomic mass is 10.1. The minimum absolute atomic E-state index is 0.923. The molecule has 1 atom stereocenters. The van der Waals surface area contributed by atoms with E-state index in [0.717, 1.165) is 3.92 Å². The van der Waals surface area contributed by atoms with Crippen molar-refractivity contribution >= 4 is 45.2 Å². The average Bonchev–Trinajstić information content (AvgIpc) is 1.98. The van der Waals surface area contributed by atoms with Crippen molar-refractivity contribution in [2.75, 3.05) is 4.43 Å². The summed E-state index contributed by atoms with van der Waals surface area (Å²) >= 11 is 5.01. The highest BCUT2D eigenvalue weighted by Gasteiger charge is 1.98. The van der Waals surface area contributed by atoms with Gasteiger partial charge < -0.3 is 0 Å². The number of halogens is 2. The van der Waals surface area contributed by atoms with E-state index in [2.05, 4.69) is 52.1 Å². The van der Waals surface area contributed by atoms with Crippen molar-refractivity contribution in [2.24, 2.45) is 0 Å². The second-order valence-electron chi connectivity index (χ2n) is 2.54. The molecule has 0 aliphatic heterocycles. The molecular weight excluding hydrogens is 350 g/mol. The lowest BCUT2D eigenvalue weighted by Gasteiger charge is -2.04. The van der Waals surface area contributed by atoms with Crippen LogP contribution in [-0.2, 0) is 0 Å². The maximum Gasteiger partial charge on any atom is 0.0107 e. The van der Waals surface area contributed by atoms with Crippen molar-refractivity contribution in [3.8, 4) is 0 Å². The molecule has 0 amide bonds. The van der Waals surface area contributed by atoms with E-state index in [0.29, 0.717) is 0 Å². The molecule has 0 N–H and O–H groups in total. The number of rotatable bonds is 6. The fourth-order valence-electron chi connectivity index (χ4n) is 0.841. The standard InChI is InChI=1S/C8H16I2/c1-2-8(10)6-4-3-5-7-9/h8H,2-7H2,1H3. The summed E-state index contributed by atoms with van der Waals surface area (Å²) in [7, 11) is 0. The van der Waals surface area contributed by atoms with Crippen molar-refractivity contribution in [3.05, 3.63) is 0 Å². The van der Waals surface area contributed by atoms with Gasteiger partial charge >= 0.3 is 0 Å². The maximum atomic E-state index is 2.56. The Morgan fingerprint density at radius 1 is 1.20 bits per heavy atom. The Kier molecular flexibility index (Phi) is 9.80. The van der Waals surface area contributed by atoms with Gasteiger partial charge in [0.25, 0.3) is 0 Å². The van der Waals surface area contributed by atoms with Crippen molar-refractivity contribution < 1.29 is 0 Å². The van der Waals surface area contributed by atoms with Gasteiger partial charge in [0.15, 0.2) is 0 Å². The van der Waals surface area contributed by atoms with Crippen LogP contribution in [0.4, 0.5) is 0 Å². The lowest BCUT2D eigenvalue weighted by molar-refractivity contribution is 0.652. The van der Waals surface area contributed by atoms with Gasteiger partial charge in [-0.3, -0.25) is 0 Å². The second-order valence-corrected chi connectivity index (χ2v) is 5.38. The molecule has 0 aromatic rings. The minimum Gasteiger partial charge on any atom is -0.0864 e. The molecule has 0 nitrogen and oxygen atoms in total. The van der Waals surface area contributed by atoms with Gasteiger partial charge in [0.2, 0.25) is 0 Å². The molecule has 0 saturated heterocycles. The van der Waals surface area contributed by atoms with Gasteiger partial charge in [-0.1, -0.05) is 64.9 Å². The van der Waals surface area contributed by atoms with E-state index in [1.54, 1.807) is 0 Å². The molecule has 2 heteroatoms. The molecule has 0 fully saturated rings. The summed E-state index contributed by atoms with van der Waals surface area (Å²) in [4.78, 5) is 0. The average molecular weight is 366 g/mol. The normalized spacial score (nSPS) is 13.5. The first-order chi connectivity index (χ1) is 4.81. The van der Waals surface area contributed by atoms with Crippen LogP contribution in [0.3, 0.4) is 0 Å². The minimum atomic E-state index is 0.923. The summed E-state index contributed by atoms with van der Waals surface area (Å²) in [5, 5.41) is 0. The van der Waals surface area contributed by atoms with E-state index >= 15 is 0 Å². The van der Waals surface area contributed by atoms with E-state index in [1.807, 2.05) is 0 Å². The molecule has 0 rings (SSSR count). The van der Waals surface area contributed by atoms with E-state index in [4.69, 9.17) is 0 Å². The summed E-state index contributed by atoms with van der Waals surface area (Å²) < 4.78 is 2.25. The number of unbranched alkanes of at least 4 members (excludes halogenated alkanes) is 2.